The molecule has 0 radical (unpaired) electrons. The molecule has 0 heterocycles. The Bertz CT molecular complexity index is 1110. The van der Waals surface area contributed by atoms with Crippen molar-refractivity contribution in [1.29, 1.82) is 0 Å². The summed E-state index contributed by atoms with van der Waals surface area (Å²) in [4.78, 5) is 26.0. The minimum atomic E-state index is -0.772. The highest BCUT2D eigenvalue weighted by Crippen LogP contribution is 2.30. The van der Waals surface area contributed by atoms with E-state index in [0.29, 0.717) is 35.2 Å². The van der Waals surface area contributed by atoms with Crippen molar-refractivity contribution in [3.05, 3.63) is 83.4 Å². The second-order valence-electron chi connectivity index (χ2n) is 8.73. The molecule has 8 heteroatoms. The molecule has 0 saturated carbocycles. The van der Waals surface area contributed by atoms with Crippen molar-refractivity contribution in [3.8, 4) is 23.0 Å². The van der Waals surface area contributed by atoms with Crippen molar-refractivity contribution in [3.63, 3.8) is 0 Å². The third-order valence-corrected chi connectivity index (χ3v) is 5.93. The number of unbranched alkanes of at least 4 members (excludes halogenated alkanes) is 1. The first kappa shape index (κ1) is 28.4. The van der Waals surface area contributed by atoms with E-state index < -0.39 is 6.17 Å². The van der Waals surface area contributed by atoms with Gasteiger partial charge in [0.25, 0.3) is 0 Å². The molecule has 0 bridgehead atoms. The molecule has 0 aliphatic heterocycles. The standard InChI is InChI=1S/C30H36N2O6/c1-5-6-17-38-27-20-23(11-16-26(27)37-4)30(31-28(33)18-21-7-12-24(35-2)13-8-21)32-29(34)19-22-9-14-25(36-3)15-10-22/h7-16,20,30H,5-6,17-19H2,1-4H3,(H,31,33)(H,32,34). The van der Waals surface area contributed by atoms with Gasteiger partial charge >= 0.3 is 0 Å². The van der Waals surface area contributed by atoms with Crippen LogP contribution in [0.5, 0.6) is 23.0 Å². The minimum Gasteiger partial charge on any atom is -0.497 e. The van der Waals surface area contributed by atoms with Crippen LogP contribution in [0.15, 0.2) is 66.7 Å². The molecular formula is C30H36N2O6. The summed E-state index contributed by atoms with van der Waals surface area (Å²) in [7, 11) is 4.76. The second-order valence-corrected chi connectivity index (χ2v) is 8.73. The third-order valence-electron chi connectivity index (χ3n) is 5.93. The quantitative estimate of drug-likeness (QED) is 0.238. The predicted octanol–water partition coefficient (Wildman–Crippen LogP) is 4.61. The molecule has 8 nitrogen and oxygen atoms in total. The van der Waals surface area contributed by atoms with Crippen LogP contribution >= 0.6 is 0 Å². The van der Waals surface area contributed by atoms with E-state index in [4.69, 9.17) is 18.9 Å². The largest absolute Gasteiger partial charge is 0.497 e. The fourth-order valence-corrected chi connectivity index (χ4v) is 3.80. The van der Waals surface area contributed by atoms with Gasteiger partial charge in [0.15, 0.2) is 11.5 Å². The van der Waals surface area contributed by atoms with Gasteiger partial charge in [0.2, 0.25) is 11.8 Å². The molecule has 0 atom stereocenters. The molecule has 3 rings (SSSR count). The maximum atomic E-state index is 13.0. The molecule has 2 N–H and O–H groups in total. The van der Waals surface area contributed by atoms with Gasteiger partial charge in [-0.05, 0) is 59.5 Å². The SMILES string of the molecule is CCCCOc1cc(C(NC(=O)Cc2ccc(OC)cc2)NC(=O)Cc2ccc(OC)cc2)ccc1OC. The summed E-state index contributed by atoms with van der Waals surface area (Å²) < 4.78 is 21.8. The van der Waals surface area contributed by atoms with Crippen molar-refractivity contribution >= 4 is 11.8 Å². The summed E-state index contributed by atoms with van der Waals surface area (Å²) >= 11 is 0. The van der Waals surface area contributed by atoms with Crippen molar-refractivity contribution < 1.29 is 28.5 Å². The van der Waals surface area contributed by atoms with Gasteiger partial charge in [-0.1, -0.05) is 43.7 Å². The number of nitrogens with one attached hydrogen (secondary N) is 2. The van der Waals surface area contributed by atoms with Gasteiger partial charge in [0.05, 0.1) is 40.8 Å². The minimum absolute atomic E-state index is 0.144. The molecular weight excluding hydrogens is 484 g/mol. The fourth-order valence-electron chi connectivity index (χ4n) is 3.80. The van der Waals surface area contributed by atoms with Crippen molar-refractivity contribution in [2.24, 2.45) is 0 Å². The normalized spacial score (nSPS) is 10.6. The number of ether oxygens (including phenoxy) is 4. The Morgan fingerprint density at radius 2 is 1.24 bits per heavy atom. The summed E-state index contributed by atoms with van der Waals surface area (Å²) in [6.07, 6.45) is 1.41. The van der Waals surface area contributed by atoms with E-state index in [1.807, 2.05) is 24.3 Å². The molecule has 2 amide bonds. The lowest BCUT2D eigenvalue weighted by Crippen LogP contribution is -2.42. The van der Waals surface area contributed by atoms with Crippen LogP contribution in [0.1, 0.15) is 42.6 Å². The molecule has 38 heavy (non-hydrogen) atoms. The van der Waals surface area contributed by atoms with Gasteiger partial charge in [0, 0.05) is 0 Å². The maximum Gasteiger partial charge on any atom is 0.226 e. The van der Waals surface area contributed by atoms with Gasteiger partial charge in [-0.25, -0.2) is 0 Å². The summed E-state index contributed by atoms with van der Waals surface area (Å²) in [5.41, 5.74) is 2.32. The van der Waals surface area contributed by atoms with Crippen molar-refractivity contribution in [2.75, 3.05) is 27.9 Å². The Hall–Kier alpha value is -4.20. The van der Waals surface area contributed by atoms with E-state index in [0.717, 1.165) is 24.0 Å². The van der Waals surface area contributed by atoms with Gasteiger partial charge in [-0.2, -0.15) is 0 Å². The Morgan fingerprint density at radius 1 is 0.711 bits per heavy atom. The molecule has 0 aliphatic carbocycles. The van der Waals surface area contributed by atoms with E-state index in [1.165, 1.54) is 0 Å². The number of carbonyl (C=O) groups is 2. The summed E-state index contributed by atoms with van der Waals surface area (Å²) in [5, 5.41) is 5.92. The molecule has 0 saturated heterocycles. The Kier molecular flexibility index (Phi) is 10.8. The summed E-state index contributed by atoms with van der Waals surface area (Å²) in [6, 6.07) is 19.9. The van der Waals surface area contributed by atoms with Crippen molar-refractivity contribution in [2.45, 2.75) is 38.8 Å². The molecule has 3 aromatic rings. The van der Waals surface area contributed by atoms with Crippen LogP contribution < -0.4 is 29.6 Å². The number of amides is 2. The van der Waals surface area contributed by atoms with E-state index in [1.54, 1.807) is 63.8 Å². The number of benzene rings is 3. The maximum absolute atomic E-state index is 13.0. The lowest BCUT2D eigenvalue weighted by Gasteiger charge is -2.22. The highest BCUT2D eigenvalue weighted by atomic mass is 16.5. The van der Waals surface area contributed by atoms with E-state index in [-0.39, 0.29) is 24.7 Å². The first-order valence-electron chi connectivity index (χ1n) is 12.6. The smallest absolute Gasteiger partial charge is 0.226 e. The first-order valence-corrected chi connectivity index (χ1v) is 12.6. The number of methoxy groups -OCH3 is 3. The van der Waals surface area contributed by atoms with Crippen LogP contribution in [-0.2, 0) is 22.4 Å². The average molecular weight is 521 g/mol. The Labute approximate surface area is 224 Å². The number of rotatable bonds is 14. The van der Waals surface area contributed by atoms with E-state index >= 15 is 0 Å². The highest BCUT2D eigenvalue weighted by molar-refractivity contribution is 5.82. The number of hydrogen-bond donors (Lipinski definition) is 2. The first-order chi connectivity index (χ1) is 18.4. The highest BCUT2D eigenvalue weighted by Gasteiger charge is 2.20. The van der Waals surface area contributed by atoms with Crippen LogP contribution in [0, 0.1) is 0 Å². The summed E-state index contributed by atoms with van der Waals surface area (Å²) in [5.74, 6) is 2.08. The fraction of sp³-hybridized carbons (Fsp3) is 0.333. The zero-order valence-electron chi connectivity index (χ0n) is 22.4. The predicted molar refractivity (Wildman–Crippen MR) is 146 cm³/mol. The zero-order valence-corrected chi connectivity index (χ0v) is 22.4. The second kappa shape index (κ2) is 14.5. The number of hydrogen-bond acceptors (Lipinski definition) is 6. The molecule has 0 spiro atoms. The Balaban J connectivity index is 1.80. The molecule has 0 aliphatic rings. The topological polar surface area (TPSA) is 95.1 Å². The monoisotopic (exact) mass is 520 g/mol. The van der Waals surface area contributed by atoms with E-state index in [9.17, 15) is 9.59 Å². The van der Waals surface area contributed by atoms with Crippen LogP contribution in [0.4, 0.5) is 0 Å². The molecule has 0 fully saturated rings. The number of carbonyl (C=O) groups excluding carboxylic acids is 2. The van der Waals surface area contributed by atoms with Gasteiger partial charge < -0.3 is 29.6 Å². The Morgan fingerprint density at radius 3 is 1.68 bits per heavy atom. The molecule has 3 aromatic carbocycles. The third kappa shape index (κ3) is 8.44. The van der Waals surface area contributed by atoms with Gasteiger partial charge in [0.1, 0.15) is 17.7 Å². The van der Waals surface area contributed by atoms with E-state index in [2.05, 4.69) is 17.6 Å². The lowest BCUT2D eigenvalue weighted by molar-refractivity contribution is -0.123. The van der Waals surface area contributed by atoms with Crippen LogP contribution in [-0.4, -0.2) is 39.8 Å². The average Bonchev–Trinajstić information content (AvgIpc) is 2.93. The van der Waals surface area contributed by atoms with Crippen molar-refractivity contribution in [1.82, 2.24) is 10.6 Å². The molecule has 0 unspecified atom stereocenters. The van der Waals surface area contributed by atoms with Crippen LogP contribution in [0.2, 0.25) is 0 Å². The zero-order chi connectivity index (χ0) is 27.3. The molecule has 0 aromatic heterocycles. The van der Waals surface area contributed by atoms with Gasteiger partial charge in [-0.15, -0.1) is 0 Å². The lowest BCUT2D eigenvalue weighted by atomic mass is 10.1. The van der Waals surface area contributed by atoms with Crippen LogP contribution in [0.3, 0.4) is 0 Å². The van der Waals surface area contributed by atoms with Gasteiger partial charge in [-0.3, -0.25) is 9.59 Å². The van der Waals surface area contributed by atoms with Crippen LogP contribution in [0.25, 0.3) is 0 Å². The molecule has 202 valence electrons. The summed E-state index contributed by atoms with van der Waals surface area (Å²) in [6.45, 7) is 2.62.